The van der Waals surface area contributed by atoms with Gasteiger partial charge in [0.25, 0.3) is 0 Å². The maximum atomic E-state index is 11.9. The lowest BCUT2D eigenvalue weighted by Gasteiger charge is -2.08. The van der Waals surface area contributed by atoms with Crippen molar-refractivity contribution in [1.82, 2.24) is 4.98 Å². The molecule has 0 spiro atoms. The summed E-state index contributed by atoms with van der Waals surface area (Å²) in [6, 6.07) is 9.47. The summed E-state index contributed by atoms with van der Waals surface area (Å²) in [5.74, 6) is -0.0284. The van der Waals surface area contributed by atoms with Crippen LogP contribution in [0.3, 0.4) is 0 Å². The lowest BCUT2D eigenvalue weighted by molar-refractivity contribution is -0.116. The molecule has 0 atom stereocenters. The molecule has 3 N–H and O–H groups in total. The first-order chi connectivity index (χ1) is 9.16. The fourth-order valence-electron chi connectivity index (χ4n) is 1.82. The molecule has 0 radical (unpaired) electrons. The standard InChI is InChI=1S/C15H17N3O/c1-11-8-9-17-10-14(11)18-15(19)7-6-12-4-2-3-5-13(12)16/h2-5,8-10H,6-7,16H2,1H3,(H,18,19). The highest BCUT2D eigenvalue weighted by Gasteiger charge is 2.06. The maximum Gasteiger partial charge on any atom is 0.224 e. The number of nitrogens with two attached hydrogens (primary N) is 1. The minimum Gasteiger partial charge on any atom is -0.399 e. The first-order valence-corrected chi connectivity index (χ1v) is 6.20. The van der Waals surface area contributed by atoms with E-state index in [0.29, 0.717) is 12.8 Å². The van der Waals surface area contributed by atoms with Gasteiger partial charge in [-0.15, -0.1) is 0 Å². The first-order valence-electron chi connectivity index (χ1n) is 6.20. The van der Waals surface area contributed by atoms with Crippen LogP contribution in [0.4, 0.5) is 11.4 Å². The molecule has 4 nitrogen and oxygen atoms in total. The van der Waals surface area contributed by atoms with E-state index in [1.54, 1.807) is 12.4 Å². The maximum absolute atomic E-state index is 11.9. The van der Waals surface area contributed by atoms with Crippen LogP contribution >= 0.6 is 0 Å². The van der Waals surface area contributed by atoms with Crippen molar-refractivity contribution in [3.8, 4) is 0 Å². The van der Waals surface area contributed by atoms with Crippen LogP contribution in [-0.4, -0.2) is 10.9 Å². The number of hydrogen-bond donors (Lipinski definition) is 2. The second kappa shape index (κ2) is 6.00. The Bertz CT molecular complexity index is 581. The van der Waals surface area contributed by atoms with Gasteiger partial charge in [0.05, 0.1) is 11.9 Å². The molecule has 0 fully saturated rings. The van der Waals surface area contributed by atoms with Gasteiger partial charge in [-0.1, -0.05) is 18.2 Å². The van der Waals surface area contributed by atoms with Gasteiger partial charge in [0.1, 0.15) is 0 Å². The Kier molecular flexibility index (Phi) is 4.13. The third-order valence-corrected chi connectivity index (χ3v) is 2.99. The summed E-state index contributed by atoms with van der Waals surface area (Å²) in [5, 5.41) is 2.86. The van der Waals surface area contributed by atoms with Crippen molar-refractivity contribution < 1.29 is 4.79 Å². The Morgan fingerprint density at radius 1 is 1.32 bits per heavy atom. The molecular formula is C15H17N3O. The Hall–Kier alpha value is -2.36. The number of carbonyl (C=O) groups excluding carboxylic acids is 1. The van der Waals surface area contributed by atoms with Crippen LogP contribution in [-0.2, 0) is 11.2 Å². The molecule has 2 aromatic rings. The second-order valence-electron chi connectivity index (χ2n) is 4.44. The van der Waals surface area contributed by atoms with Crippen LogP contribution in [0.5, 0.6) is 0 Å². The number of benzene rings is 1. The van der Waals surface area contributed by atoms with Crippen molar-refractivity contribution in [3.63, 3.8) is 0 Å². The summed E-state index contributed by atoms with van der Waals surface area (Å²) in [4.78, 5) is 15.9. The highest BCUT2D eigenvalue weighted by atomic mass is 16.1. The molecule has 0 aliphatic carbocycles. The fraction of sp³-hybridized carbons (Fsp3) is 0.200. The molecule has 0 aliphatic heterocycles. The molecule has 4 heteroatoms. The van der Waals surface area contributed by atoms with E-state index >= 15 is 0 Å². The quantitative estimate of drug-likeness (QED) is 0.825. The van der Waals surface area contributed by atoms with E-state index in [4.69, 9.17) is 5.73 Å². The zero-order valence-electron chi connectivity index (χ0n) is 10.9. The molecule has 0 aliphatic rings. The van der Waals surface area contributed by atoms with Crippen LogP contribution in [0, 0.1) is 6.92 Å². The lowest BCUT2D eigenvalue weighted by atomic mass is 10.1. The lowest BCUT2D eigenvalue weighted by Crippen LogP contribution is -2.13. The molecule has 1 aromatic heterocycles. The van der Waals surface area contributed by atoms with E-state index in [1.165, 1.54) is 0 Å². The number of pyridine rings is 1. The van der Waals surface area contributed by atoms with Gasteiger partial charge < -0.3 is 11.1 Å². The topological polar surface area (TPSA) is 68.0 Å². The third kappa shape index (κ3) is 3.55. The van der Waals surface area contributed by atoms with Crippen LogP contribution in [0.15, 0.2) is 42.7 Å². The van der Waals surface area contributed by atoms with Crippen molar-refractivity contribution in [2.24, 2.45) is 0 Å². The summed E-state index contributed by atoms with van der Waals surface area (Å²) in [7, 11) is 0. The summed E-state index contributed by atoms with van der Waals surface area (Å²) in [5.41, 5.74) is 9.33. The summed E-state index contributed by atoms with van der Waals surface area (Å²) < 4.78 is 0. The van der Waals surface area contributed by atoms with Gasteiger partial charge in [0.2, 0.25) is 5.91 Å². The van der Waals surface area contributed by atoms with Crippen LogP contribution < -0.4 is 11.1 Å². The van der Waals surface area contributed by atoms with Crippen molar-refractivity contribution in [1.29, 1.82) is 0 Å². The Labute approximate surface area is 112 Å². The monoisotopic (exact) mass is 255 g/mol. The number of nitrogens with one attached hydrogen (secondary N) is 1. The third-order valence-electron chi connectivity index (χ3n) is 2.99. The predicted octanol–water partition coefficient (Wildman–Crippen LogP) is 2.54. The zero-order valence-corrected chi connectivity index (χ0v) is 10.9. The van der Waals surface area contributed by atoms with Crippen LogP contribution in [0.1, 0.15) is 17.5 Å². The smallest absolute Gasteiger partial charge is 0.224 e. The van der Waals surface area contributed by atoms with Gasteiger partial charge in [-0.05, 0) is 36.6 Å². The first kappa shape index (κ1) is 13.1. The predicted molar refractivity (Wildman–Crippen MR) is 76.8 cm³/mol. The Morgan fingerprint density at radius 2 is 2.11 bits per heavy atom. The summed E-state index contributed by atoms with van der Waals surface area (Å²) in [6.07, 6.45) is 4.40. The molecule has 1 amide bonds. The number of nitrogens with zero attached hydrogens (tertiary/aromatic N) is 1. The summed E-state index contributed by atoms with van der Waals surface area (Å²) >= 11 is 0. The molecule has 19 heavy (non-hydrogen) atoms. The number of amides is 1. The van der Waals surface area contributed by atoms with Crippen molar-refractivity contribution in [2.75, 3.05) is 11.1 Å². The zero-order chi connectivity index (χ0) is 13.7. The molecular weight excluding hydrogens is 238 g/mol. The largest absolute Gasteiger partial charge is 0.399 e. The molecule has 1 heterocycles. The van der Waals surface area contributed by atoms with Crippen molar-refractivity contribution in [3.05, 3.63) is 53.9 Å². The number of aromatic nitrogens is 1. The van der Waals surface area contributed by atoms with Crippen molar-refractivity contribution >= 4 is 17.3 Å². The highest BCUT2D eigenvalue weighted by Crippen LogP contribution is 2.15. The molecule has 2 rings (SSSR count). The number of hydrogen-bond acceptors (Lipinski definition) is 3. The molecule has 0 saturated carbocycles. The van der Waals surface area contributed by atoms with Crippen molar-refractivity contribution in [2.45, 2.75) is 19.8 Å². The van der Waals surface area contributed by atoms with E-state index in [2.05, 4.69) is 10.3 Å². The SMILES string of the molecule is Cc1ccncc1NC(=O)CCc1ccccc1N. The van der Waals surface area contributed by atoms with Gasteiger partial charge in [-0.25, -0.2) is 0 Å². The normalized spacial score (nSPS) is 10.2. The number of rotatable bonds is 4. The molecule has 0 bridgehead atoms. The molecule has 98 valence electrons. The van der Waals surface area contributed by atoms with Gasteiger partial charge >= 0.3 is 0 Å². The van der Waals surface area contributed by atoms with Crippen LogP contribution in [0.2, 0.25) is 0 Å². The van der Waals surface area contributed by atoms with Gasteiger partial charge in [-0.2, -0.15) is 0 Å². The van der Waals surface area contributed by atoms with Crippen LogP contribution in [0.25, 0.3) is 0 Å². The van der Waals surface area contributed by atoms with Gasteiger partial charge in [0, 0.05) is 18.3 Å². The van der Waals surface area contributed by atoms with E-state index in [0.717, 1.165) is 22.5 Å². The fourth-order valence-corrected chi connectivity index (χ4v) is 1.82. The van der Waals surface area contributed by atoms with E-state index in [9.17, 15) is 4.79 Å². The number of para-hydroxylation sites is 1. The van der Waals surface area contributed by atoms with E-state index < -0.39 is 0 Å². The molecule has 1 aromatic carbocycles. The Morgan fingerprint density at radius 3 is 2.84 bits per heavy atom. The number of aryl methyl sites for hydroxylation is 2. The molecule has 0 unspecified atom stereocenters. The minimum absolute atomic E-state index is 0.0284. The van der Waals surface area contributed by atoms with E-state index in [1.807, 2.05) is 37.3 Å². The number of nitrogen functional groups attached to an aromatic ring is 1. The highest BCUT2D eigenvalue weighted by molar-refractivity contribution is 5.91. The van der Waals surface area contributed by atoms with Gasteiger partial charge in [0.15, 0.2) is 0 Å². The number of anilines is 2. The van der Waals surface area contributed by atoms with E-state index in [-0.39, 0.29) is 5.91 Å². The molecule has 0 saturated heterocycles. The Balaban J connectivity index is 1.92. The second-order valence-corrected chi connectivity index (χ2v) is 4.44. The average Bonchev–Trinajstić information content (AvgIpc) is 2.40. The summed E-state index contributed by atoms with van der Waals surface area (Å²) in [6.45, 7) is 1.94. The minimum atomic E-state index is -0.0284. The van der Waals surface area contributed by atoms with Gasteiger partial charge in [-0.3, -0.25) is 9.78 Å². The number of carbonyl (C=O) groups is 1. The average molecular weight is 255 g/mol.